The Balaban J connectivity index is 2.77. The molecule has 1 heterocycles. The van der Waals surface area contributed by atoms with Gasteiger partial charge in [-0.25, -0.2) is 4.98 Å². The lowest BCUT2D eigenvalue weighted by molar-refractivity contribution is 0.0666. The fourth-order valence-electron chi connectivity index (χ4n) is 1.61. The minimum absolute atomic E-state index is 0.0826. The Labute approximate surface area is 108 Å². The maximum Gasteiger partial charge on any atom is 0.272 e. The lowest BCUT2D eigenvalue weighted by Gasteiger charge is -2.23. The third kappa shape index (κ3) is 4.33. The van der Waals surface area contributed by atoms with E-state index in [2.05, 4.69) is 18.8 Å². The Kier molecular flexibility index (Phi) is 5.58. The first kappa shape index (κ1) is 14.4. The Bertz CT molecular complexity index is 376. The Hall–Kier alpha value is -1.62. The third-order valence-electron chi connectivity index (χ3n) is 2.44. The summed E-state index contributed by atoms with van der Waals surface area (Å²) in [5.41, 5.74) is 6.53. The van der Waals surface area contributed by atoms with E-state index in [-0.39, 0.29) is 5.91 Å². The van der Waals surface area contributed by atoms with Gasteiger partial charge in [-0.3, -0.25) is 4.79 Å². The number of ether oxygens (including phenoxy) is 1. The van der Waals surface area contributed by atoms with E-state index < -0.39 is 0 Å². The number of amides is 1. The summed E-state index contributed by atoms with van der Waals surface area (Å²) in [6, 6.07) is 3.34. The summed E-state index contributed by atoms with van der Waals surface area (Å²) in [4.78, 5) is 18.1. The van der Waals surface area contributed by atoms with Gasteiger partial charge >= 0.3 is 0 Å². The predicted octanol–water partition coefficient (Wildman–Crippen LogP) is 1.41. The van der Waals surface area contributed by atoms with Gasteiger partial charge in [0.25, 0.3) is 5.91 Å². The molecule has 0 radical (unpaired) electrons. The van der Waals surface area contributed by atoms with Crippen LogP contribution in [-0.2, 0) is 4.74 Å². The van der Waals surface area contributed by atoms with Crippen LogP contribution in [0.5, 0.6) is 0 Å². The molecular formula is C13H21N3O2. The first-order chi connectivity index (χ1) is 8.54. The fraction of sp³-hybridized carbons (Fsp3) is 0.538. The van der Waals surface area contributed by atoms with Gasteiger partial charge in [0.2, 0.25) is 0 Å². The second-order valence-electron chi connectivity index (χ2n) is 4.61. The van der Waals surface area contributed by atoms with Crippen LogP contribution >= 0.6 is 0 Å². The number of anilines is 1. The number of carbonyl (C=O) groups is 1. The maximum atomic E-state index is 12.3. The van der Waals surface area contributed by atoms with Crippen LogP contribution in [0.4, 0.5) is 5.69 Å². The van der Waals surface area contributed by atoms with Gasteiger partial charge in [0, 0.05) is 20.2 Å². The molecular weight excluding hydrogens is 230 g/mol. The lowest BCUT2D eigenvalue weighted by Crippen LogP contribution is -2.37. The number of nitrogen functional groups attached to an aromatic ring is 1. The molecule has 1 rings (SSSR count). The maximum absolute atomic E-state index is 12.3. The first-order valence-electron chi connectivity index (χ1n) is 6.04. The van der Waals surface area contributed by atoms with Crippen LogP contribution in [0.15, 0.2) is 18.3 Å². The zero-order chi connectivity index (χ0) is 13.5. The second-order valence-corrected chi connectivity index (χ2v) is 4.61. The van der Waals surface area contributed by atoms with E-state index in [1.165, 1.54) is 6.20 Å². The molecule has 0 saturated carbocycles. The number of rotatable bonds is 6. The summed E-state index contributed by atoms with van der Waals surface area (Å²) in [5.74, 6) is 0.320. The van der Waals surface area contributed by atoms with Gasteiger partial charge < -0.3 is 15.4 Å². The topological polar surface area (TPSA) is 68.5 Å². The molecule has 0 fully saturated rings. The van der Waals surface area contributed by atoms with Gasteiger partial charge in [0.15, 0.2) is 0 Å². The molecule has 0 bridgehead atoms. The van der Waals surface area contributed by atoms with Crippen molar-refractivity contribution in [3.63, 3.8) is 0 Å². The van der Waals surface area contributed by atoms with Crippen molar-refractivity contribution in [2.75, 3.05) is 32.5 Å². The highest BCUT2D eigenvalue weighted by molar-refractivity contribution is 5.92. The van der Waals surface area contributed by atoms with Crippen molar-refractivity contribution in [1.29, 1.82) is 0 Å². The van der Waals surface area contributed by atoms with Gasteiger partial charge in [-0.2, -0.15) is 0 Å². The van der Waals surface area contributed by atoms with Crippen LogP contribution in [-0.4, -0.2) is 42.6 Å². The minimum atomic E-state index is -0.0826. The number of aromatic nitrogens is 1. The van der Waals surface area contributed by atoms with Crippen LogP contribution in [0, 0.1) is 5.92 Å². The molecule has 1 aromatic heterocycles. The molecule has 0 aliphatic carbocycles. The molecule has 0 aliphatic rings. The standard InChI is InChI=1S/C13H21N3O2/c1-10(2)9-16(6-7-18-3)13(17)12-5-4-11(14)8-15-12/h4-5,8,10H,6-7,9,14H2,1-3H3. The number of carbonyl (C=O) groups excluding carboxylic acids is 1. The van der Waals surface area contributed by atoms with Gasteiger partial charge in [0.1, 0.15) is 5.69 Å². The number of pyridine rings is 1. The summed E-state index contributed by atoms with van der Waals surface area (Å²) in [6.45, 7) is 5.92. The van der Waals surface area contributed by atoms with E-state index in [0.717, 1.165) is 0 Å². The normalized spacial score (nSPS) is 10.7. The largest absolute Gasteiger partial charge is 0.397 e. The van der Waals surface area contributed by atoms with Crippen LogP contribution in [0.25, 0.3) is 0 Å². The highest BCUT2D eigenvalue weighted by atomic mass is 16.5. The SMILES string of the molecule is COCCN(CC(C)C)C(=O)c1ccc(N)cn1. The van der Waals surface area contributed by atoms with Gasteiger partial charge in [0.05, 0.1) is 18.5 Å². The van der Waals surface area contributed by atoms with Crippen LogP contribution in [0.3, 0.4) is 0 Å². The number of hydrogen-bond donors (Lipinski definition) is 1. The molecule has 0 aliphatic heterocycles. The van der Waals surface area contributed by atoms with Crippen molar-refractivity contribution < 1.29 is 9.53 Å². The summed E-state index contributed by atoms with van der Waals surface area (Å²) in [7, 11) is 1.62. The molecule has 5 heteroatoms. The van der Waals surface area contributed by atoms with E-state index in [1.54, 1.807) is 24.1 Å². The lowest BCUT2D eigenvalue weighted by atomic mass is 10.2. The highest BCUT2D eigenvalue weighted by Gasteiger charge is 2.17. The molecule has 0 atom stereocenters. The molecule has 0 saturated heterocycles. The molecule has 2 N–H and O–H groups in total. The smallest absolute Gasteiger partial charge is 0.272 e. The van der Waals surface area contributed by atoms with E-state index in [0.29, 0.717) is 37.0 Å². The monoisotopic (exact) mass is 251 g/mol. The number of hydrogen-bond acceptors (Lipinski definition) is 4. The third-order valence-corrected chi connectivity index (χ3v) is 2.44. The minimum Gasteiger partial charge on any atom is -0.397 e. The second kappa shape index (κ2) is 6.96. The van der Waals surface area contributed by atoms with Crippen molar-refractivity contribution in [3.05, 3.63) is 24.0 Å². The summed E-state index contributed by atoms with van der Waals surface area (Å²) >= 11 is 0. The van der Waals surface area contributed by atoms with Crippen LogP contribution in [0.1, 0.15) is 24.3 Å². The first-order valence-corrected chi connectivity index (χ1v) is 6.04. The molecule has 0 aromatic carbocycles. The number of methoxy groups -OCH3 is 1. The Morgan fingerprint density at radius 1 is 1.50 bits per heavy atom. The van der Waals surface area contributed by atoms with E-state index in [1.807, 2.05) is 0 Å². The quantitative estimate of drug-likeness (QED) is 0.830. The van der Waals surface area contributed by atoms with E-state index in [9.17, 15) is 4.79 Å². The van der Waals surface area contributed by atoms with Crippen molar-refractivity contribution in [2.45, 2.75) is 13.8 Å². The van der Waals surface area contributed by atoms with Gasteiger partial charge in [-0.1, -0.05) is 13.8 Å². The summed E-state index contributed by atoms with van der Waals surface area (Å²) in [5, 5.41) is 0. The van der Waals surface area contributed by atoms with E-state index in [4.69, 9.17) is 10.5 Å². The average molecular weight is 251 g/mol. The van der Waals surface area contributed by atoms with Crippen molar-refractivity contribution in [2.24, 2.45) is 5.92 Å². The van der Waals surface area contributed by atoms with Crippen molar-refractivity contribution in [1.82, 2.24) is 9.88 Å². The highest BCUT2D eigenvalue weighted by Crippen LogP contribution is 2.07. The van der Waals surface area contributed by atoms with Crippen molar-refractivity contribution >= 4 is 11.6 Å². The van der Waals surface area contributed by atoms with Gasteiger partial charge in [-0.15, -0.1) is 0 Å². The predicted molar refractivity (Wildman–Crippen MR) is 71.3 cm³/mol. The Morgan fingerprint density at radius 2 is 2.22 bits per heavy atom. The summed E-state index contributed by atoms with van der Waals surface area (Å²) in [6.07, 6.45) is 1.50. The van der Waals surface area contributed by atoms with Crippen LogP contribution < -0.4 is 5.73 Å². The molecule has 0 unspecified atom stereocenters. The molecule has 0 spiro atoms. The molecule has 5 nitrogen and oxygen atoms in total. The molecule has 100 valence electrons. The molecule has 1 aromatic rings. The van der Waals surface area contributed by atoms with Gasteiger partial charge in [-0.05, 0) is 18.1 Å². The fourth-order valence-corrected chi connectivity index (χ4v) is 1.61. The molecule has 1 amide bonds. The number of nitrogens with two attached hydrogens (primary N) is 1. The zero-order valence-electron chi connectivity index (χ0n) is 11.2. The average Bonchev–Trinajstić information content (AvgIpc) is 2.34. The van der Waals surface area contributed by atoms with Crippen LogP contribution in [0.2, 0.25) is 0 Å². The van der Waals surface area contributed by atoms with Crippen molar-refractivity contribution in [3.8, 4) is 0 Å². The molecule has 18 heavy (non-hydrogen) atoms. The zero-order valence-corrected chi connectivity index (χ0v) is 11.2. The summed E-state index contributed by atoms with van der Waals surface area (Å²) < 4.78 is 5.02. The van der Waals surface area contributed by atoms with E-state index >= 15 is 0 Å². The Morgan fingerprint density at radius 3 is 2.72 bits per heavy atom. The number of nitrogens with zero attached hydrogens (tertiary/aromatic N) is 2.